The Kier molecular flexibility index (Phi) is 4.99. The molecule has 0 spiro atoms. The van der Waals surface area contributed by atoms with Crippen LogP contribution in [0.5, 0.6) is 0 Å². The second-order valence-electron chi connectivity index (χ2n) is 6.86. The molecule has 132 valence electrons. The number of rotatable bonds is 5. The van der Waals surface area contributed by atoms with Crippen LogP contribution in [0.25, 0.3) is 0 Å². The van der Waals surface area contributed by atoms with Gasteiger partial charge in [0.1, 0.15) is 12.1 Å². The van der Waals surface area contributed by atoms with E-state index in [1.165, 1.54) is 5.56 Å². The number of carbonyl (C=O) groups is 1. The number of hydrogen-bond donors (Lipinski definition) is 1. The van der Waals surface area contributed by atoms with Crippen molar-refractivity contribution in [3.8, 4) is 0 Å². The van der Waals surface area contributed by atoms with Crippen molar-refractivity contribution in [3.05, 3.63) is 47.4 Å². The maximum absolute atomic E-state index is 12.3. The minimum absolute atomic E-state index is 0.0192. The zero-order valence-electron chi connectivity index (χ0n) is 15.3. The SMILES string of the molecule is Cc1ccc(NC(=O)CN(C)C2CN(c3cc(C)ncn3)C2)c(C)c1. The minimum Gasteiger partial charge on any atom is -0.353 e. The van der Waals surface area contributed by atoms with Crippen molar-refractivity contribution in [1.29, 1.82) is 0 Å². The Morgan fingerprint density at radius 1 is 1.24 bits per heavy atom. The predicted molar refractivity (Wildman–Crippen MR) is 99.9 cm³/mol. The smallest absolute Gasteiger partial charge is 0.238 e. The summed E-state index contributed by atoms with van der Waals surface area (Å²) < 4.78 is 0. The van der Waals surface area contributed by atoms with Crippen molar-refractivity contribution < 1.29 is 4.79 Å². The first-order chi connectivity index (χ1) is 11.9. The standard InChI is InChI=1S/C19H25N5O/c1-13-5-6-17(14(2)7-13)22-19(25)11-23(4)16-9-24(10-16)18-8-15(3)20-12-21-18/h5-8,12,16H,9-11H2,1-4H3,(H,22,25). The van der Waals surface area contributed by atoms with Crippen LogP contribution in [0.4, 0.5) is 11.5 Å². The summed E-state index contributed by atoms with van der Waals surface area (Å²) in [5.41, 5.74) is 4.14. The largest absolute Gasteiger partial charge is 0.353 e. The van der Waals surface area contributed by atoms with E-state index in [0.29, 0.717) is 12.6 Å². The molecule has 25 heavy (non-hydrogen) atoms. The number of aryl methyl sites for hydroxylation is 3. The summed E-state index contributed by atoms with van der Waals surface area (Å²) in [5, 5.41) is 3.01. The number of carbonyl (C=O) groups excluding carboxylic acids is 1. The van der Waals surface area contributed by atoms with Crippen molar-refractivity contribution in [2.75, 3.05) is 36.9 Å². The van der Waals surface area contributed by atoms with Crippen LogP contribution in [-0.4, -0.2) is 53.5 Å². The van der Waals surface area contributed by atoms with E-state index in [4.69, 9.17) is 0 Å². The Balaban J connectivity index is 1.50. The number of aromatic nitrogens is 2. The molecule has 3 rings (SSSR count). The van der Waals surface area contributed by atoms with E-state index < -0.39 is 0 Å². The second-order valence-corrected chi connectivity index (χ2v) is 6.86. The van der Waals surface area contributed by atoms with Gasteiger partial charge in [-0.2, -0.15) is 0 Å². The predicted octanol–water partition coefficient (Wildman–Crippen LogP) is 2.16. The quantitative estimate of drug-likeness (QED) is 0.904. The molecular formula is C19H25N5O. The van der Waals surface area contributed by atoms with Gasteiger partial charge in [-0.05, 0) is 39.4 Å². The molecule has 2 aromatic rings. The molecule has 1 aliphatic rings. The van der Waals surface area contributed by atoms with Crippen LogP contribution in [0, 0.1) is 20.8 Å². The summed E-state index contributed by atoms with van der Waals surface area (Å²) in [6.45, 7) is 8.17. The summed E-state index contributed by atoms with van der Waals surface area (Å²) in [6.07, 6.45) is 1.60. The molecule has 0 saturated carbocycles. The van der Waals surface area contributed by atoms with Crippen molar-refractivity contribution in [2.24, 2.45) is 0 Å². The van der Waals surface area contributed by atoms with E-state index in [2.05, 4.69) is 31.2 Å². The highest BCUT2D eigenvalue weighted by molar-refractivity contribution is 5.93. The summed E-state index contributed by atoms with van der Waals surface area (Å²) >= 11 is 0. The molecule has 1 aromatic carbocycles. The lowest BCUT2D eigenvalue weighted by atomic mass is 10.1. The lowest BCUT2D eigenvalue weighted by molar-refractivity contribution is -0.117. The molecule has 0 bridgehead atoms. The summed E-state index contributed by atoms with van der Waals surface area (Å²) in [7, 11) is 1.99. The zero-order chi connectivity index (χ0) is 18.0. The first kappa shape index (κ1) is 17.4. The van der Waals surface area contributed by atoms with Crippen molar-refractivity contribution >= 4 is 17.4 Å². The molecule has 0 aliphatic carbocycles. The Hall–Kier alpha value is -2.47. The third-order valence-corrected chi connectivity index (χ3v) is 4.65. The van der Waals surface area contributed by atoms with Crippen LogP contribution in [0.3, 0.4) is 0 Å². The Bertz CT molecular complexity index is 770. The van der Waals surface area contributed by atoms with Gasteiger partial charge in [0, 0.05) is 36.6 Å². The van der Waals surface area contributed by atoms with Crippen LogP contribution in [0.1, 0.15) is 16.8 Å². The fourth-order valence-corrected chi connectivity index (χ4v) is 3.03. The number of amides is 1. The Morgan fingerprint density at radius 3 is 2.68 bits per heavy atom. The van der Waals surface area contributed by atoms with Gasteiger partial charge in [0.15, 0.2) is 0 Å². The molecule has 1 saturated heterocycles. The molecule has 0 unspecified atom stereocenters. The second kappa shape index (κ2) is 7.19. The maximum atomic E-state index is 12.3. The molecule has 2 heterocycles. The van der Waals surface area contributed by atoms with Crippen LogP contribution in [0.15, 0.2) is 30.6 Å². The van der Waals surface area contributed by atoms with Gasteiger partial charge in [-0.3, -0.25) is 9.69 Å². The van der Waals surface area contributed by atoms with Gasteiger partial charge in [0.2, 0.25) is 5.91 Å². The first-order valence-electron chi connectivity index (χ1n) is 8.53. The molecule has 6 heteroatoms. The lowest BCUT2D eigenvalue weighted by Gasteiger charge is -2.44. The molecule has 1 aliphatic heterocycles. The molecule has 1 fully saturated rings. The van der Waals surface area contributed by atoms with Gasteiger partial charge in [-0.15, -0.1) is 0 Å². The highest BCUT2D eigenvalue weighted by Gasteiger charge is 2.31. The van der Waals surface area contributed by atoms with Gasteiger partial charge in [0.25, 0.3) is 0 Å². The third-order valence-electron chi connectivity index (χ3n) is 4.65. The molecular weight excluding hydrogens is 314 g/mol. The van der Waals surface area contributed by atoms with Crippen LogP contribution in [0.2, 0.25) is 0 Å². The molecule has 6 nitrogen and oxygen atoms in total. The van der Waals surface area contributed by atoms with E-state index in [-0.39, 0.29) is 5.91 Å². The van der Waals surface area contributed by atoms with Crippen LogP contribution < -0.4 is 10.2 Å². The molecule has 1 aromatic heterocycles. The highest BCUT2D eigenvalue weighted by atomic mass is 16.2. The normalized spacial score (nSPS) is 14.5. The topological polar surface area (TPSA) is 61.4 Å². The number of nitrogens with zero attached hydrogens (tertiary/aromatic N) is 4. The monoisotopic (exact) mass is 339 g/mol. The van der Waals surface area contributed by atoms with Crippen LogP contribution in [-0.2, 0) is 4.79 Å². The van der Waals surface area contributed by atoms with E-state index in [1.54, 1.807) is 6.33 Å². The molecule has 0 radical (unpaired) electrons. The first-order valence-corrected chi connectivity index (χ1v) is 8.53. The fourth-order valence-electron chi connectivity index (χ4n) is 3.03. The number of hydrogen-bond acceptors (Lipinski definition) is 5. The van der Waals surface area contributed by atoms with Gasteiger partial charge in [0.05, 0.1) is 6.54 Å². The van der Waals surface area contributed by atoms with Gasteiger partial charge in [-0.25, -0.2) is 9.97 Å². The van der Waals surface area contributed by atoms with Crippen molar-refractivity contribution in [3.63, 3.8) is 0 Å². The average Bonchev–Trinajstić information content (AvgIpc) is 2.48. The number of anilines is 2. The van der Waals surface area contributed by atoms with Gasteiger partial charge >= 0.3 is 0 Å². The van der Waals surface area contributed by atoms with Gasteiger partial charge < -0.3 is 10.2 Å². The maximum Gasteiger partial charge on any atom is 0.238 e. The molecule has 1 N–H and O–H groups in total. The minimum atomic E-state index is 0.0192. The summed E-state index contributed by atoms with van der Waals surface area (Å²) in [4.78, 5) is 25.1. The fraction of sp³-hybridized carbons (Fsp3) is 0.421. The van der Waals surface area contributed by atoms with E-state index in [1.807, 2.05) is 46.0 Å². The molecule has 0 atom stereocenters. The Labute approximate surface area is 148 Å². The highest BCUT2D eigenvalue weighted by Crippen LogP contribution is 2.21. The van der Waals surface area contributed by atoms with Gasteiger partial charge in [-0.1, -0.05) is 17.7 Å². The van der Waals surface area contributed by atoms with E-state index >= 15 is 0 Å². The Morgan fingerprint density at radius 2 is 2.00 bits per heavy atom. The summed E-state index contributed by atoms with van der Waals surface area (Å²) in [5.74, 6) is 0.975. The van der Waals surface area contributed by atoms with Crippen molar-refractivity contribution in [2.45, 2.75) is 26.8 Å². The number of benzene rings is 1. The van der Waals surface area contributed by atoms with Crippen molar-refractivity contribution in [1.82, 2.24) is 14.9 Å². The third kappa shape index (κ3) is 4.14. The lowest BCUT2D eigenvalue weighted by Crippen LogP contribution is -2.59. The number of likely N-dealkylation sites (N-methyl/N-ethyl adjacent to an activating group) is 1. The van der Waals surface area contributed by atoms with E-state index in [0.717, 1.165) is 35.9 Å². The average molecular weight is 339 g/mol. The number of nitrogens with one attached hydrogen (secondary N) is 1. The zero-order valence-corrected chi connectivity index (χ0v) is 15.3. The van der Waals surface area contributed by atoms with E-state index in [9.17, 15) is 4.79 Å². The summed E-state index contributed by atoms with van der Waals surface area (Å²) in [6, 6.07) is 8.40. The van der Waals surface area contributed by atoms with Crippen LogP contribution >= 0.6 is 0 Å². The molecule has 1 amide bonds.